The number of nitrogens with one attached hydrogen (secondary N) is 2. The Morgan fingerprint density at radius 1 is 1.31 bits per heavy atom. The lowest BCUT2D eigenvalue weighted by atomic mass is 9.86. The first-order valence-electron chi connectivity index (χ1n) is 12.0. The number of hydrogen-bond acceptors (Lipinski definition) is 9. The van der Waals surface area contributed by atoms with Crippen LogP contribution in [-0.4, -0.2) is 112 Å². The molecule has 1 aromatic carbocycles. The van der Waals surface area contributed by atoms with E-state index >= 15 is 0 Å². The minimum atomic E-state index is -1.41. The SMILES string of the molecule is CSC(O)C(O)C(C(O)CO)C(NC(=O)C1NCC2CN(Cc3ccccc3)CCOC21)C(C)Cl. The first-order valence-corrected chi connectivity index (χ1v) is 13.7. The van der Waals surface area contributed by atoms with E-state index < -0.39 is 47.6 Å². The van der Waals surface area contributed by atoms with E-state index in [4.69, 9.17) is 16.3 Å². The molecule has 11 heteroatoms. The fraction of sp³-hybridized carbons (Fsp3) is 0.708. The first-order chi connectivity index (χ1) is 16.8. The molecule has 35 heavy (non-hydrogen) atoms. The van der Waals surface area contributed by atoms with Crippen LogP contribution in [0, 0.1) is 11.8 Å². The van der Waals surface area contributed by atoms with Gasteiger partial charge in [0.15, 0.2) is 0 Å². The van der Waals surface area contributed by atoms with E-state index in [0.717, 1.165) is 31.4 Å². The van der Waals surface area contributed by atoms with E-state index in [1.165, 1.54) is 5.56 Å². The summed E-state index contributed by atoms with van der Waals surface area (Å²) in [5.41, 5.74) is 0.00963. The lowest BCUT2D eigenvalue weighted by Crippen LogP contribution is -2.59. The third-order valence-electron chi connectivity index (χ3n) is 6.91. The number of nitrogens with zero attached hydrogens (tertiary/aromatic N) is 1. The number of alkyl halides is 1. The maximum absolute atomic E-state index is 13.4. The molecule has 2 fully saturated rings. The Morgan fingerprint density at radius 2 is 2.03 bits per heavy atom. The molecule has 9 atom stereocenters. The predicted octanol–water partition coefficient (Wildman–Crippen LogP) is -0.401. The van der Waals surface area contributed by atoms with Crippen molar-refractivity contribution in [3.05, 3.63) is 35.9 Å². The molecule has 6 N–H and O–H groups in total. The molecular formula is C24H38ClN3O6S. The smallest absolute Gasteiger partial charge is 0.240 e. The zero-order chi connectivity index (χ0) is 25.5. The highest BCUT2D eigenvalue weighted by atomic mass is 35.5. The molecule has 1 amide bonds. The van der Waals surface area contributed by atoms with Gasteiger partial charge < -0.3 is 35.8 Å². The predicted molar refractivity (Wildman–Crippen MR) is 136 cm³/mol. The number of amides is 1. The highest BCUT2D eigenvalue weighted by Gasteiger charge is 2.46. The lowest BCUT2D eigenvalue weighted by molar-refractivity contribution is -0.129. The standard InChI is InChI=1S/C24H38ClN3O6S/c1-14(25)19(18(17(30)13-29)21(31)24(33)35-2)27-23(32)20-22-16(10-26-20)12-28(8-9-34-22)11-15-6-4-3-5-7-15/h3-7,14,16-22,24,26,29-31,33H,8-13H2,1-2H3,(H,27,32). The van der Waals surface area contributed by atoms with Crippen molar-refractivity contribution in [3.8, 4) is 0 Å². The molecule has 0 aromatic heterocycles. The topological polar surface area (TPSA) is 135 Å². The first kappa shape index (κ1) is 28.6. The third kappa shape index (κ3) is 7.30. The zero-order valence-corrected chi connectivity index (χ0v) is 21.7. The number of halogens is 1. The number of benzene rings is 1. The average molecular weight is 532 g/mol. The van der Waals surface area contributed by atoms with Crippen LogP contribution in [0.5, 0.6) is 0 Å². The van der Waals surface area contributed by atoms with Gasteiger partial charge in [0.2, 0.25) is 5.91 Å². The maximum atomic E-state index is 13.4. The van der Waals surface area contributed by atoms with Crippen LogP contribution in [-0.2, 0) is 16.1 Å². The highest BCUT2D eigenvalue weighted by molar-refractivity contribution is 7.99. The number of aliphatic hydroxyl groups is 4. The van der Waals surface area contributed by atoms with Crippen LogP contribution >= 0.6 is 23.4 Å². The molecule has 0 radical (unpaired) electrons. The molecule has 9 unspecified atom stereocenters. The number of fused-ring (bicyclic) bond motifs is 1. The van der Waals surface area contributed by atoms with Crippen molar-refractivity contribution >= 4 is 29.3 Å². The fourth-order valence-corrected chi connectivity index (χ4v) is 5.74. The van der Waals surface area contributed by atoms with Crippen molar-refractivity contribution in [2.75, 3.05) is 39.1 Å². The summed E-state index contributed by atoms with van der Waals surface area (Å²) in [6, 6.07) is 8.71. The quantitative estimate of drug-likeness (QED) is 0.166. The minimum absolute atomic E-state index is 0.117. The Hall–Kier alpha value is -0.950. The molecule has 3 rings (SSSR count). The van der Waals surface area contributed by atoms with Crippen LogP contribution in [0.2, 0.25) is 0 Å². The van der Waals surface area contributed by atoms with Crippen LogP contribution in [0.15, 0.2) is 30.3 Å². The van der Waals surface area contributed by atoms with Crippen LogP contribution < -0.4 is 10.6 Å². The number of ether oxygens (including phenoxy) is 1. The molecule has 2 aliphatic heterocycles. The molecule has 2 saturated heterocycles. The van der Waals surface area contributed by atoms with E-state index in [1.54, 1.807) is 13.2 Å². The minimum Gasteiger partial charge on any atom is -0.394 e. The van der Waals surface area contributed by atoms with Gasteiger partial charge in [0.05, 0.1) is 42.9 Å². The van der Waals surface area contributed by atoms with Gasteiger partial charge in [0.1, 0.15) is 11.5 Å². The van der Waals surface area contributed by atoms with Gasteiger partial charge >= 0.3 is 0 Å². The fourth-order valence-electron chi connectivity index (χ4n) is 5.05. The van der Waals surface area contributed by atoms with Crippen LogP contribution in [0.25, 0.3) is 0 Å². The van der Waals surface area contributed by atoms with Gasteiger partial charge in [-0.25, -0.2) is 0 Å². The molecule has 2 heterocycles. The zero-order valence-electron chi connectivity index (χ0n) is 20.2. The molecule has 9 nitrogen and oxygen atoms in total. The molecule has 0 aliphatic carbocycles. The van der Waals surface area contributed by atoms with E-state index in [-0.39, 0.29) is 17.9 Å². The highest BCUT2D eigenvalue weighted by Crippen LogP contribution is 2.28. The molecule has 0 bridgehead atoms. The molecule has 0 spiro atoms. The van der Waals surface area contributed by atoms with E-state index in [2.05, 4.69) is 27.7 Å². The van der Waals surface area contributed by atoms with Crippen LogP contribution in [0.4, 0.5) is 0 Å². The van der Waals surface area contributed by atoms with Crippen molar-refractivity contribution in [1.29, 1.82) is 0 Å². The second-order valence-electron chi connectivity index (χ2n) is 9.36. The van der Waals surface area contributed by atoms with Crippen molar-refractivity contribution in [1.82, 2.24) is 15.5 Å². The van der Waals surface area contributed by atoms with Gasteiger partial charge in [0.25, 0.3) is 0 Å². The van der Waals surface area contributed by atoms with Crippen LogP contribution in [0.1, 0.15) is 12.5 Å². The van der Waals surface area contributed by atoms with E-state index in [0.29, 0.717) is 13.2 Å². The second-order valence-corrected chi connectivity index (χ2v) is 11.0. The number of hydrogen-bond donors (Lipinski definition) is 6. The van der Waals surface area contributed by atoms with E-state index in [9.17, 15) is 25.2 Å². The summed E-state index contributed by atoms with van der Waals surface area (Å²) in [5, 5.41) is 46.2. The molecule has 2 aliphatic rings. The van der Waals surface area contributed by atoms with Crippen LogP contribution in [0.3, 0.4) is 0 Å². The van der Waals surface area contributed by atoms with Crippen molar-refractivity contribution < 1.29 is 30.0 Å². The summed E-state index contributed by atoms with van der Waals surface area (Å²) in [5.74, 6) is -1.31. The third-order valence-corrected chi connectivity index (χ3v) is 7.95. The van der Waals surface area contributed by atoms with Crippen molar-refractivity contribution in [3.63, 3.8) is 0 Å². The average Bonchev–Trinajstić information content (AvgIpc) is 3.14. The van der Waals surface area contributed by atoms with Gasteiger partial charge in [-0.05, 0) is 18.7 Å². The maximum Gasteiger partial charge on any atom is 0.240 e. The van der Waals surface area contributed by atoms with Crippen molar-refractivity contribution in [2.45, 2.75) is 54.7 Å². The Morgan fingerprint density at radius 3 is 2.66 bits per heavy atom. The van der Waals surface area contributed by atoms with Gasteiger partial charge in [-0.1, -0.05) is 30.3 Å². The number of aliphatic hydroxyl groups excluding tert-OH is 4. The van der Waals surface area contributed by atoms with E-state index in [1.807, 2.05) is 18.2 Å². The Bertz CT molecular complexity index is 794. The Balaban J connectivity index is 1.68. The monoisotopic (exact) mass is 531 g/mol. The molecule has 1 aromatic rings. The molecular weight excluding hydrogens is 494 g/mol. The van der Waals surface area contributed by atoms with Gasteiger partial charge in [-0.15, -0.1) is 23.4 Å². The summed E-state index contributed by atoms with van der Waals surface area (Å²) in [7, 11) is 0. The largest absolute Gasteiger partial charge is 0.394 e. The summed E-state index contributed by atoms with van der Waals surface area (Å²) >= 11 is 7.38. The number of carbonyl (C=O) groups excluding carboxylic acids is 1. The summed E-state index contributed by atoms with van der Waals surface area (Å²) in [6.45, 7) is 4.47. The van der Waals surface area contributed by atoms with Gasteiger partial charge in [-0.2, -0.15) is 0 Å². The Labute approximate surface area is 216 Å². The van der Waals surface area contributed by atoms with Gasteiger partial charge in [-0.3, -0.25) is 9.69 Å². The summed E-state index contributed by atoms with van der Waals surface area (Å²) < 4.78 is 6.12. The lowest BCUT2D eigenvalue weighted by Gasteiger charge is -2.37. The number of carbonyl (C=O) groups is 1. The summed E-state index contributed by atoms with van der Waals surface area (Å²) in [4.78, 5) is 15.7. The van der Waals surface area contributed by atoms with Crippen molar-refractivity contribution in [2.24, 2.45) is 11.8 Å². The number of thioether (sulfide) groups is 1. The second kappa shape index (κ2) is 13.6. The summed E-state index contributed by atoms with van der Waals surface area (Å²) in [6.07, 6.45) is -1.52. The molecule has 198 valence electrons. The molecule has 0 saturated carbocycles. The van der Waals surface area contributed by atoms with Gasteiger partial charge in [0, 0.05) is 38.0 Å². The normalized spacial score (nSPS) is 28.3. The Kier molecular flexibility index (Phi) is 11.1. The number of rotatable bonds is 11.